The van der Waals surface area contributed by atoms with Crippen molar-refractivity contribution >= 4 is 27.6 Å². The number of carboxylic acids is 1. The summed E-state index contributed by atoms with van der Waals surface area (Å²) in [6.45, 7) is -0.150. The number of hydrogen-bond donors (Lipinski definition) is 3. The van der Waals surface area contributed by atoms with E-state index in [1.165, 1.54) is 12.1 Å². The maximum Gasteiger partial charge on any atom is 0.396 e. The summed E-state index contributed by atoms with van der Waals surface area (Å²) < 4.78 is 5.33. The van der Waals surface area contributed by atoms with Crippen molar-refractivity contribution in [2.75, 3.05) is 6.54 Å². The summed E-state index contributed by atoms with van der Waals surface area (Å²) in [6.07, 6.45) is 0. The van der Waals surface area contributed by atoms with Crippen LogP contribution in [0.4, 0.5) is 0 Å². The maximum atomic E-state index is 11.0. The summed E-state index contributed by atoms with van der Waals surface area (Å²) in [5.74, 6) is -2.36. The van der Waals surface area contributed by atoms with Crippen LogP contribution in [0.5, 0.6) is 5.75 Å². The molecule has 0 spiro atoms. The molecule has 0 aliphatic heterocycles. The van der Waals surface area contributed by atoms with E-state index < -0.39 is 16.8 Å². The number of carbonyl (C=O) groups is 1. The summed E-state index contributed by atoms with van der Waals surface area (Å²) in [5.41, 5.74) is 5.75. The Balaban J connectivity index is 2.64. The van der Waals surface area contributed by atoms with E-state index >= 15 is 0 Å². The average Bonchev–Trinajstić information content (AvgIpc) is 2.58. The van der Waals surface area contributed by atoms with E-state index in [2.05, 4.69) is 0 Å². The van der Waals surface area contributed by atoms with Gasteiger partial charge in [0, 0.05) is 18.2 Å². The average molecular weight is 255 g/mol. The first-order chi connectivity index (χ1) is 8.02. The molecule has 1 unspecified atom stereocenters. The van der Waals surface area contributed by atoms with Gasteiger partial charge in [0.1, 0.15) is 11.3 Å². The number of hydrogen-bond acceptors (Lipinski definition) is 6. The Morgan fingerprint density at radius 2 is 2.24 bits per heavy atom. The third kappa shape index (κ3) is 2.02. The second-order valence-electron chi connectivity index (χ2n) is 3.44. The third-order valence-corrected chi connectivity index (χ3v) is 3.18. The van der Waals surface area contributed by atoms with Crippen LogP contribution in [0.1, 0.15) is 11.5 Å². The normalized spacial score (nSPS) is 12.8. The number of carboxylic acid groups (broad SMARTS) is 1. The van der Waals surface area contributed by atoms with Crippen molar-refractivity contribution in [3.63, 3.8) is 0 Å². The van der Waals surface area contributed by atoms with Crippen LogP contribution in [0.25, 0.3) is 10.3 Å². The van der Waals surface area contributed by atoms with Crippen molar-refractivity contribution in [2.45, 2.75) is 5.92 Å². The zero-order chi connectivity index (χ0) is 12.6. The Hall–Kier alpha value is -1.86. The van der Waals surface area contributed by atoms with Gasteiger partial charge in [-0.25, -0.2) is 4.79 Å². The second-order valence-corrected chi connectivity index (χ2v) is 4.42. The predicted molar refractivity (Wildman–Crippen MR) is 61.5 cm³/mol. The summed E-state index contributed by atoms with van der Waals surface area (Å²) in [6, 6.07) is 2.65. The van der Waals surface area contributed by atoms with Crippen LogP contribution in [0.15, 0.2) is 21.3 Å². The van der Waals surface area contributed by atoms with E-state index in [0.717, 1.165) is 11.3 Å². The Morgan fingerprint density at radius 3 is 2.82 bits per heavy atom. The number of aliphatic carboxylic acids is 1. The van der Waals surface area contributed by atoms with E-state index in [9.17, 15) is 14.7 Å². The van der Waals surface area contributed by atoms with Crippen molar-refractivity contribution in [3.8, 4) is 5.75 Å². The lowest BCUT2D eigenvalue weighted by atomic mass is 9.98. The van der Waals surface area contributed by atoms with Gasteiger partial charge in [0.15, 0.2) is 0 Å². The van der Waals surface area contributed by atoms with Gasteiger partial charge < -0.3 is 20.4 Å². The first-order valence-corrected chi connectivity index (χ1v) is 5.54. The smallest absolute Gasteiger partial charge is 0.396 e. The van der Waals surface area contributed by atoms with Gasteiger partial charge in [-0.2, -0.15) is 0 Å². The zero-order valence-corrected chi connectivity index (χ0v) is 9.36. The molecular weight excluding hydrogens is 246 g/mol. The molecule has 1 atom stereocenters. The number of benzene rings is 1. The molecule has 0 amide bonds. The molecular formula is C10H9NO5S. The minimum Gasteiger partial charge on any atom is -0.508 e. The highest BCUT2D eigenvalue weighted by Crippen LogP contribution is 2.31. The van der Waals surface area contributed by atoms with Crippen molar-refractivity contribution in [2.24, 2.45) is 5.73 Å². The van der Waals surface area contributed by atoms with E-state index in [-0.39, 0.29) is 23.4 Å². The number of nitrogens with two attached hydrogens (primary N) is 1. The molecule has 7 heteroatoms. The van der Waals surface area contributed by atoms with E-state index in [0.29, 0.717) is 4.70 Å². The Bertz CT molecular complexity index is 629. The van der Waals surface area contributed by atoms with Crippen LogP contribution in [-0.4, -0.2) is 22.7 Å². The standard InChI is InChI=1S/C10H9NO5S/c11-3-5(9(13)14)4-1-7-8(2-6(4)12)17-10(15)16-7/h1-2,5,12H,3,11H2,(H,13,14). The molecule has 0 fully saturated rings. The van der Waals surface area contributed by atoms with Crippen LogP contribution in [0.3, 0.4) is 0 Å². The Morgan fingerprint density at radius 1 is 1.53 bits per heavy atom. The quantitative estimate of drug-likeness (QED) is 0.743. The van der Waals surface area contributed by atoms with Crippen molar-refractivity contribution in [1.29, 1.82) is 0 Å². The predicted octanol–water partition coefficient (Wildman–Crippen LogP) is 0.687. The topological polar surface area (TPSA) is 114 Å². The van der Waals surface area contributed by atoms with Crippen LogP contribution in [-0.2, 0) is 4.79 Å². The van der Waals surface area contributed by atoms with Crippen molar-refractivity contribution in [1.82, 2.24) is 0 Å². The lowest BCUT2D eigenvalue weighted by molar-refractivity contribution is -0.138. The summed E-state index contributed by atoms with van der Waals surface area (Å²) in [5, 5.41) is 18.7. The Labute approximate surface area is 98.9 Å². The molecule has 2 aromatic rings. The summed E-state index contributed by atoms with van der Waals surface area (Å²) >= 11 is 0.842. The highest BCUT2D eigenvalue weighted by molar-refractivity contribution is 7.16. The van der Waals surface area contributed by atoms with Gasteiger partial charge >= 0.3 is 10.9 Å². The lowest BCUT2D eigenvalue weighted by Gasteiger charge is -2.11. The molecule has 0 aliphatic rings. The number of fused-ring (bicyclic) bond motifs is 1. The Kier molecular flexibility index (Phi) is 2.86. The van der Waals surface area contributed by atoms with Gasteiger partial charge in [0.2, 0.25) is 0 Å². The maximum absolute atomic E-state index is 11.0. The van der Waals surface area contributed by atoms with Crippen molar-refractivity contribution < 1.29 is 19.4 Å². The molecule has 0 aliphatic carbocycles. The third-order valence-electron chi connectivity index (χ3n) is 2.39. The first kappa shape index (κ1) is 11.6. The van der Waals surface area contributed by atoms with E-state index in [4.69, 9.17) is 15.3 Å². The second kappa shape index (κ2) is 4.19. The molecule has 1 aromatic carbocycles. The molecule has 0 bridgehead atoms. The molecule has 1 heterocycles. The molecule has 90 valence electrons. The lowest BCUT2D eigenvalue weighted by Crippen LogP contribution is -2.21. The summed E-state index contributed by atoms with van der Waals surface area (Å²) in [7, 11) is 0. The number of aromatic hydroxyl groups is 1. The van der Waals surface area contributed by atoms with Crippen LogP contribution in [0, 0.1) is 0 Å². The monoisotopic (exact) mass is 255 g/mol. The SMILES string of the molecule is NCC(C(=O)O)c1cc2oc(=O)sc2cc1O. The molecule has 2 rings (SSSR count). The minimum atomic E-state index is -1.14. The van der Waals surface area contributed by atoms with Crippen LogP contribution < -0.4 is 10.7 Å². The van der Waals surface area contributed by atoms with Gasteiger partial charge in [0.25, 0.3) is 0 Å². The number of phenolic OH excluding ortho intramolecular Hbond substituents is 1. The van der Waals surface area contributed by atoms with Crippen molar-refractivity contribution in [3.05, 3.63) is 27.4 Å². The van der Waals surface area contributed by atoms with E-state index in [1.807, 2.05) is 0 Å². The van der Waals surface area contributed by atoms with E-state index in [1.54, 1.807) is 0 Å². The van der Waals surface area contributed by atoms with Gasteiger partial charge in [0.05, 0.1) is 10.6 Å². The fraction of sp³-hybridized carbons (Fsp3) is 0.200. The molecule has 6 nitrogen and oxygen atoms in total. The molecule has 17 heavy (non-hydrogen) atoms. The minimum absolute atomic E-state index is 0.147. The van der Waals surface area contributed by atoms with Gasteiger partial charge in [-0.05, 0) is 6.07 Å². The van der Waals surface area contributed by atoms with Gasteiger partial charge in [-0.15, -0.1) is 0 Å². The molecule has 0 saturated carbocycles. The molecule has 0 saturated heterocycles. The first-order valence-electron chi connectivity index (χ1n) is 4.72. The molecule has 0 radical (unpaired) electrons. The zero-order valence-electron chi connectivity index (χ0n) is 8.54. The fourth-order valence-electron chi connectivity index (χ4n) is 1.56. The highest BCUT2D eigenvalue weighted by Gasteiger charge is 2.22. The molecule has 4 N–H and O–H groups in total. The van der Waals surface area contributed by atoms with Crippen LogP contribution >= 0.6 is 11.3 Å². The number of phenols is 1. The molecule has 1 aromatic heterocycles. The van der Waals surface area contributed by atoms with Crippen LogP contribution in [0.2, 0.25) is 0 Å². The fourth-order valence-corrected chi connectivity index (χ4v) is 2.25. The van der Waals surface area contributed by atoms with Gasteiger partial charge in [-0.3, -0.25) is 4.79 Å². The van der Waals surface area contributed by atoms with Gasteiger partial charge in [-0.1, -0.05) is 11.3 Å². The summed E-state index contributed by atoms with van der Waals surface area (Å²) in [4.78, 5) is 21.5. The largest absolute Gasteiger partial charge is 0.508 e. The number of rotatable bonds is 3. The highest BCUT2D eigenvalue weighted by atomic mass is 32.1.